The molecule has 0 saturated heterocycles. The Balaban J connectivity index is 1.72. The number of phenols is 1. The summed E-state index contributed by atoms with van der Waals surface area (Å²) in [4.78, 5) is 0. The molecule has 4 rings (SSSR count). The standard InChI is InChI=1S/C25H20ClF3N4O2/c1-14(31-30)16-3-2-4-17(11-16)22-23(32-33-24(22)25(27,28)29)20-10-9-19(12-21(20)34)35-13-15-5-7-18(26)8-6-15/h2-12,34H,13,30H2,1H3,(H,32,33)/b31-14+. The van der Waals surface area contributed by atoms with E-state index in [1.807, 2.05) is 0 Å². The zero-order valence-electron chi connectivity index (χ0n) is 18.4. The SMILES string of the molecule is C/C(=N\N)c1cccc(-c2c(-c3ccc(OCc4ccc(Cl)cc4)cc3O)n[nH]c2C(F)(F)F)c1. The van der Waals surface area contributed by atoms with Crippen LogP contribution in [0.25, 0.3) is 22.4 Å². The first kappa shape index (κ1) is 24.2. The monoisotopic (exact) mass is 500 g/mol. The summed E-state index contributed by atoms with van der Waals surface area (Å²) in [6.45, 7) is 1.87. The number of aromatic amines is 1. The molecule has 0 fully saturated rings. The molecule has 0 saturated carbocycles. The second-order valence-electron chi connectivity index (χ2n) is 7.71. The number of nitrogens with zero attached hydrogens (tertiary/aromatic N) is 2. The summed E-state index contributed by atoms with van der Waals surface area (Å²) in [6.07, 6.45) is -4.70. The number of aromatic hydroxyl groups is 1. The summed E-state index contributed by atoms with van der Waals surface area (Å²) in [6, 6.07) is 17.8. The third-order valence-electron chi connectivity index (χ3n) is 5.36. The van der Waals surface area contributed by atoms with E-state index in [1.165, 1.54) is 24.3 Å². The van der Waals surface area contributed by atoms with Crippen molar-refractivity contribution in [2.75, 3.05) is 0 Å². The number of alkyl halides is 3. The first-order chi connectivity index (χ1) is 16.7. The average Bonchev–Trinajstić information content (AvgIpc) is 3.29. The Morgan fingerprint density at radius 2 is 1.86 bits per heavy atom. The lowest BCUT2D eigenvalue weighted by Gasteiger charge is -2.12. The lowest BCUT2D eigenvalue weighted by molar-refractivity contribution is -0.140. The van der Waals surface area contributed by atoms with Gasteiger partial charge in [-0.1, -0.05) is 41.9 Å². The molecule has 0 radical (unpaired) electrons. The number of nitrogens with one attached hydrogen (secondary N) is 1. The summed E-state index contributed by atoms with van der Waals surface area (Å²) in [5.41, 5.74) is 0.932. The van der Waals surface area contributed by atoms with Gasteiger partial charge in [0.15, 0.2) is 0 Å². The Morgan fingerprint density at radius 1 is 1.11 bits per heavy atom. The molecule has 0 atom stereocenters. The molecule has 0 aliphatic carbocycles. The Bertz CT molecular complexity index is 1380. The molecule has 180 valence electrons. The summed E-state index contributed by atoms with van der Waals surface area (Å²) in [7, 11) is 0. The molecule has 35 heavy (non-hydrogen) atoms. The van der Waals surface area contributed by atoms with Gasteiger partial charge < -0.3 is 15.7 Å². The average molecular weight is 501 g/mol. The van der Waals surface area contributed by atoms with Gasteiger partial charge in [-0.25, -0.2) is 0 Å². The molecule has 3 aromatic carbocycles. The molecular weight excluding hydrogens is 481 g/mol. The van der Waals surface area contributed by atoms with Crippen LogP contribution in [0.4, 0.5) is 13.2 Å². The largest absolute Gasteiger partial charge is 0.507 e. The Labute approximate surface area is 203 Å². The molecule has 1 heterocycles. The third-order valence-corrected chi connectivity index (χ3v) is 5.61. The fraction of sp³-hybridized carbons (Fsp3) is 0.120. The second-order valence-corrected chi connectivity index (χ2v) is 8.15. The molecule has 4 aromatic rings. The third kappa shape index (κ3) is 5.25. The topological polar surface area (TPSA) is 96.5 Å². The molecule has 10 heteroatoms. The van der Waals surface area contributed by atoms with Crippen LogP contribution in [-0.2, 0) is 12.8 Å². The van der Waals surface area contributed by atoms with Gasteiger partial charge in [0.25, 0.3) is 0 Å². The Hall–Kier alpha value is -3.98. The van der Waals surface area contributed by atoms with Crippen LogP contribution in [-0.4, -0.2) is 21.0 Å². The van der Waals surface area contributed by atoms with E-state index in [0.717, 1.165) is 5.56 Å². The Morgan fingerprint density at radius 3 is 2.51 bits per heavy atom. The molecule has 0 aliphatic heterocycles. The van der Waals surface area contributed by atoms with Crippen LogP contribution in [0.2, 0.25) is 5.02 Å². The summed E-state index contributed by atoms with van der Waals surface area (Å²) >= 11 is 5.88. The quantitative estimate of drug-likeness (QED) is 0.162. The van der Waals surface area contributed by atoms with Crippen LogP contribution in [0, 0.1) is 0 Å². The molecule has 4 N–H and O–H groups in total. The van der Waals surface area contributed by atoms with E-state index in [4.69, 9.17) is 22.2 Å². The summed E-state index contributed by atoms with van der Waals surface area (Å²) < 4.78 is 47.2. The lowest BCUT2D eigenvalue weighted by atomic mass is 9.96. The molecule has 0 amide bonds. The number of hydrogen-bond donors (Lipinski definition) is 3. The predicted molar refractivity (Wildman–Crippen MR) is 128 cm³/mol. The van der Waals surface area contributed by atoms with E-state index in [9.17, 15) is 18.3 Å². The number of aromatic nitrogens is 2. The van der Waals surface area contributed by atoms with Gasteiger partial charge in [-0.15, -0.1) is 0 Å². The number of halogens is 4. The summed E-state index contributed by atoms with van der Waals surface area (Å²) in [5, 5.41) is 20.9. The predicted octanol–water partition coefficient (Wildman–Crippen LogP) is 6.38. The van der Waals surface area contributed by atoms with Crippen LogP contribution < -0.4 is 10.6 Å². The van der Waals surface area contributed by atoms with E-state index in [1.54, 1.807) is 49.4 Å². The minimum Gasteiger partial charge on any atom is -0.507 e. The van der Waals surface area contributed by atoms with Gasteiger partial charge >= 0.3 is 6.18 Å². The van der Waals surface area contributed by atoms with Gasteiger partial charge in [-0.2, -0.15) is 23.4 Å². The molecule has 6 nitrogen and oxygen atoms in total. The molecule has 0 unspecified atom stereocenters. The van der Waals surface area contributed by atoms with E-state index < -0.39 is 11.9 Å². The molecule has 0 bridgehead atoms. The molecule has 0 aliphatic rings. The normalized spacial score (nSPS) is 12.1. The number of phenolic OH excluding ortho intramolecular Hbond substituents is 1. The summed E-state index contributed by atoms with van der Waals surface area (Å²) in [5.74, 6) is 5.39. The number of nitrogens with two attached hydrogens (primary N) is 1. The zero-order chi connectivity index (χ0) is 25.2. The number of ether oxygens (including phenoxy) is 1. The smallest absolute Gasteiger partial charge is 0.433 e. The van der Waals surface area contributed by atoms with Crippen molar-refractivity contribution in [2.24, 2.45) is 10.9 Å². The first-order valence-electron chi connectivity index (χ1n) is 10.4. The van der Waals surface area contributed by atoms with Crippen LogP contribution >= 0.6 is 11.6 Å². The number of H-pyrrole nitrogens is 1. The number of rotatable bonds is 6. The van der Waals surface area contributed by atoms with Gasteiger partial charge in [0.05, 0.1) is 5.71 Å². The van der Waals surface area contributed by atoms with Crippen LogP contribution in [0.1, 0.15) is 23.7 Å². The van der Waals surface area contributed by atoms with Gasteiger partial charge in [-0.05, 0) is 53.9 Å². The highest BCUT2D eigenvalue weighted by Gasteiger charge is 2.38. The fourth-order valence-corrected chi connectivity index (χ4v) is 3.67. The van der Waals surface area contributed by atoms with Crippen molar-refractivity contribution in [3.05, 3.63) is 88.6 Å². The maximum atomic E-state index is 13.8. The molecular formula is C25H20ClF3N4O2. The van der Waals surface area contributed by atoms with Crippen molar-refractivity contribution in [3.63, 3.8) is 0 Å². The van der Waals surface area contributed by atoms with E-state index in [0.29, 0.717) is 22.0 Å². The van der Waals surface area contributed by atoms with Crippen molar-refractivity contribution in [1.82, 2.24) is 10.2 Å². The maximum Gasteiger partial charge on any atom is 0.433 e. The highest BCUT2D eigenvalue weighted by atomic mass is 35.5. The van der Waals surface area contributed by atoms with Gasteiger partial charge in [0.2, 0.25) is 0 Å². The van der Waals surface area contributed by atoms with Crippen molar-refractivity contribution in [1.29, 1.82) is 0 Å². The number of benzene rings is 3. The van der Waals surface area contributed by atoms with Crippen molar-refractivity contribution >= 4 is 17.3 Å². The first-order valence-corrected chi connectivity index (χ1v) is 10.8. The van der Waals surface area contributed by atoms with E-state index >= 15 is 0 Å². The highest BCUT2D eigenvalue weighted by Crippen LogP contribution is 2.44. The number of hydrazone groups is 1. The van der Waals surface area contributed by atoms with Crippen molar-refractivity contribution in [2.45, 2.75) is 19.7 Å². The van der Waals surface area contributed by atoms with Gasteiger partial charge in [-0.3, -0.25) is 5.10 Å². The second kappa shape index (κ2) is 9.71. The molecule has 1 aromatic heterocycles. The van der Waals surface area contributed by atoms with Gasteiger partial charge in [0.1, 0.15) is 29.5 Å². The lowest BCUT2D eigenvalue weighted by Crippen LogP contribution is -2.07. The van der Waals surface area contributed by atoms with Crippen molar-refractivity contribution in [3.8, 4) is 33.9 Å². The minimum atomic E-state index is -4.70. The van der Waals surface area contributed by atoms with E-state index in [2.05, 4.69) is 15.3 Å². The number of hydrogen-bond acceptors (Lipinski definition) is 5. The van der Waals surface area contributed by atoms with Crippen LogP contribution in [0.3, 0.4) is 0 Å². The van der Waals surface area contributed by atoms with Crippen molar-refractivity contribution < 1.29 is 23.0 Å². The Kier molecular flexibility index (Phi) is 6.70. The minimum absolute atomic E-state index is 0.0569. The maximum absolute atomic E-state index is 13.8. The zero-order valence-corrected chi connectivity index (χ0v) is 19.2. The van der Waals surface area contributed by atoms with Gasteiger partial charge in [0, 0.05) is 22.2 Å². The highest BCUT2D eigenvalue weighted by molar-refractivity contribution is 6.30. The van der Waals surface area contributed by atoms with E-state index in [-0.39, 0.29) is 34.7 Å². The van der Waals surface area contributed by atoms with Crippen LogP contribution in [0.15, 0.2) is 71.8 Å². The van der Waals surface area contributed by atoms with Crippen LogP contribution in [0.5, 0.6) is 11.5 Å². The fourth-order valence-electron chi connectivity index (χ4n) is 3.55. The molecule has 0 spiro atoms.